The van der Waals surface area contributed by atoms with Gasteiger partial charge >= 0.3 is 0 Å². The number of pyridine rings is 1. The van der Waals surface area contributed by atoms with Crippen LogP contribution >= 0.6 is 0 Å². The first kappa shape index (κ1) is 28.6. The predicted octanol–water partition coefficient (Wildman–Crippen LogP) is 3.06. The van der Waals surface area contributed by atoms with E-state index in [4.69, 9.17) is 10.5 Å². The number of para-hydroxylation sites is 1. The number of hydrogen-bond donors (Lipinski definition) is 3. The van der Waals surface area contributed by atoms with Crippen LogP contribution in [0.1, 0.15) is 53.2 Å². The topological polar surface area (TPSA) is 146 Å². The summed E-state index contributed by atoms with van der Waals surface area (Å²) >= 11 is 0. The number of carbonyl (C=O) groups excluding carboxylic acids is 2. The number of nitrogens with zero attached hydrogens (tertiary/aromatic N) is 4. The number of carbonyl (C=O) groups is 2. The van der Waals surface area contributed by atoms with Crippen LogP contribution < -0.4 is 21.9 Å². The normalized spacial score (nSPS) is 15.1. The molecule has 6 rings (SSSR count). The van der Waals surface area contributed by atoms with Gasteiger partial charge < -0.3 is 21.1 Å². The van der Waals surface area contributed by atoms with Gasteiger partial charge in [0.1, 0.15) is 6.10 Å². The van der Waals surface area contributed by atoms with E-state index in [-0.39, 0.29) is 29.5 Å². The van der Waals surface area contributed by atoms with E-state index in [0.29, 0.717) is 52.1 Å². The van der Waals surface area contributed by atoms with Gasteiger partial charge in [0.2, 0.25) is 5.91 Å². The van der Waals surface area contributed by atoms with Gasteiger partial charge in [-0.15, -0.1) is 0 Å². The van der Waals surface area contributed by atoms with Gasteiger partial charge in [-0.3, -0.25) is 19.0 Å². The van der Waals surface area contributed by atoms with Crippen molar-refractivity contribution in [2.24, 2.45) is 0 Å². The lowest BCUT2D eigenvalue weighted by atomic mass is 10.0. The average molecular weight is 590 g/mol. The van der Waals surface area contributed by atoms with Gasteiger partial charge in [0.05, 0.1) is 23.7 Å². The largest absolute Gasteiger partial charge is 0.382 e. The number of nitrogens with two attached hydrogens (primary N) is 1. The highest BCUT2D eigenvalue weighted by molar-refractivity contribution is 5.98. The Morgan fingerprint density at radius 3 is 2.73 bits per heavy atom. The van der Waals surface area contributed by atoms with Crippen LogP contribution in [0.5, 0.6) is 0 Å². The van der Waals surface area contributed by atoms with Crippen LogP contribution in [0.15, 0.2) is 71.5 Å². The minimum Gasteiger partial charge on any atom is -0.382 e. The van der Waals surface area contributed by atoms with Crippen molar-refractivity contribution >= 4 is 34.1 Å². The quantitative estimate of drug-likeness (QED) is 0.258. The Morgan fingerprint density at radius 1 is 1.14 bits per heavy atom. The van der Waals surface area contributed by atoms with Crippen LogP contribution in [-0.2, 0) is 9.53 Å². The van der Waals surface area contributed by atoms with E-state index >= 15 is 0 Å². The van der Waals surface area contributed by atoms with Gasteiger partial charge in [-0.05, 0) is 68.5 Å². The Labute approximate surface area is 253 Å². The molecule has 0 bridgehead atoms. The van der Waals surface area contributed by atoms with Crippen LogP contribution in [0.3, 0.4) is 0 Å². The molecule has 222 valence electrons. The molecule has 3 aromatic heterocycles. The summed E-state index contributed by atoms with van der Waals surface area (Å²) in [6.45, 7) is 4.33. The molecule has 11 nitrogen and oxygen atoms in total. The van der Waals surface area contributed by atoms with Crippen molar-refractivity contribution in [3.8, 4) is 17.5 Å². The summed E-state index contributed by atoms with van der Waals surface area (Å²) in [5, 5.41) is 11.3. The fourth-order valence-electron chi connectivity index (χ4n) is 5.41. The second kappa shape index (κ2) is 12.0. The lowest BCUT2D eigenvalue weighted by Gasteiger charge is -2.21. The fourth-order valence-corrected chi connectivity index (χ4v) is 5.41. The Morgan fingerprint density at radius 2 is 1.95 bits per heavy atom. The highest BCUT2D eigenvalue weighted by Crippen LogP contribution is 2.24. The first-order valence-corrected chi connectivity index (χ1v) is 14.4. The Hall–Kier alpha value is -5.47. The van der Waals surface area contributed by atoms with Crippen molar-refractivity contribution in [1.82, 2.24) is 29.8 Å². The predicted molar refractivity (Wildman–Crippen MR) is 166 cm³/mol. The number of amides is 2. The maximum atomic E-state index is 14.2. The summed E-state index contributed by atoms with van der Waals surface area (Å²) < 4.78 is 8.42. The van der Waals surface area contributed by atoms with Crippen molar-refractivity contribution in [3.05, 3.63) is 99.7 Å². The molecule has 1 fully saturated rings. The van der Waals surface area contributed by atoms with E-state index in [1.807, 2.05) is 55.5 Å². The number of imidazole rings is 1. The maximum Gasteiger partial charge on any atom is 0.274 e. The fraction of sp³-hybridized carbons (Fsp3) is 0.242. The number of nitrogens with one attached hydrogen (secondary N) is 2. The van der Waals surface area contributed by atoms with Crippen molar-refractivity contribution in [3.63, 3.8) is 0 Å². The minimum atomic E-state index is -0.614. The second-order valence-electron chi connectivity index (χ2n) is 10.6. The number of aromatic nitrogens is 4. The molecule has 11 heteroatoms. The molecule has 1 aliphatic heterocycles. The van der Waals surface area contributed by atoms with E-state index in [9.17, 15) is 14.4 Å². The third-order valence-corrected chi connectivity index (χ3v) is 7.53. The molecule has 44 heavy (non-hydrogen) atoms. The number of nitrogen functional groups attached to an aromatic ring is 1. The third kappa shape index (κ3) is 5.50. The summed E-state index contributed by atoms with van der Waals surface area (Å²) in [7, 11) is 0. The summed E-state index contributed by atoms with van der Waals surface area (Å²) in [4.78, 5) is 44.3. The summed E-state index contributed by atoms with van der Waals surface area (Å²) in [5.41, 5.74) is 8.84. The van der Waals surface area contributed by atoms with Gasteiger partial charge in [-0.1, -0.05) is 42.2 Å². The first-order valence-electron chi connectivity index (χ1n) is 14.4. The molecule has 0 aliphatic carbocycles. The molecular weight excluding hydrogens is 558 g/mol. The average Bonchev–Trinajstić information content (AvgIpc) is 3.67. The number of anilines is 1. The van der Waals surface area contributed by atoms with Crippen LogP contribution in [0.25, 0.3) is 22.1 Å². The molecule has 2 aromatic carbocycles. The smallest absolute Gasteiger partial charge is 0.274 e. The van der Waals surface area contributed by atoms with Crippen molar-refractivity contribution < 1.29 is 14.3 Å². The Kier molecular flexibility index (Phi) is 7.83. The third-order valence-electron chi connectivity index (χ3n) is 7.53. The minimum absolute atomic E-state index is 0.0573. The van der Waals surface area contributed by atoms with Crippen LogP contribution in [0.2, 0.25) is 0 Å². The van der Waals surface area contributed by atoms with Crippen LogP contribution in [-0.4, -0.2) is 50.2 Å². The molecule has 4 heterocycles. The maximum absolute atomic E-state index is 14.2. The molecule has 0 spiro atoms. The Bertz CT molecular complexity index is 2020. The van der Waals surface area contributed by atoms with Crippen molar-refractivity contribution in [2.45, 2.75) is 38.8 Å². The summed E-state index contributed by atoms with van der Waals surface area (Å²) in [6, 6.07) is 19.4. The second-order valence-corrected chi connectivity index (χ2v) is 10.6. The van der Waals surface area contributed by atoms with Gasteiger partial charge in [-0.25, -0.2) is 9.50 Å². The highest BCUT2D eigenvalue weighted by atomic mass is 16.5. The van der Waals surface area contributed by atoms with Gasteiger partial charge in [-0.2, -0.15) is 5.10 Å². The molecule has 0 radical (unpaired) electrons. The van der Waals surface area contributed by atoms with E-state index in [1.165, 1.54) is 4.52 Å². The van der Waals surface area contributed by atoms with E-state index in [0.717, 1.165) is 6.42 Å². The van der Waals surface area contributed by atoms with Crippen molar-refractivity contribution in [2.75, 3.05) is 18.9 Å². The van der Waals surface area contributed by atoms with Gasteiger partial charge in [0.25, 0.3) is 11.5 Å². The number of aryl methyl sites for hydroxylation is 1. The molecular formula is C33H31N7O4. The van der Waals surface area contributed by atoms with Gasteiger partial charge in [0, 0.05) is 23.6 Å². The first-order chi connectivity index (χ1) is 21.3. The monoisotopic (exact) mass is 589 g/mol. The number of benzene rings is 2. The lowest BCUT2D eigenvalue weighted by molar-refractivity contribution is -0.129. The number of fused-ring (bicyclic) bond motifs is 2. The van der Waals surface area contributed by atoms with Gasteiger partial charge in [0.15, 0.2) is 17.2 Å². The standard InChI is InChI=1S/C33H31N7O4/c1-20-15-16-27-37-30(34)29(40(27)38-20)32(42)36-21(2)25-19-23-10-6-9-22(11-7-17-35-31(41)26-14-8-18-44-26)28(23)33(43)39(25)24-12-4-3-5-13-24/h3-6,9-10,12-13,15-16,19,21,26H,8,14,17-18,34H2,1-2H3,(H,35,41)(H,36,42)/t21?,26-/m1/s1. The zero-order valence-electron chi connectivity index (χ0n) is 24.3. The lowest BCUT2D eigenvalue weighted by Crippen LogP contribution is -2.34. The molecule has 4 N–H and O–H groups in total. The molecule has 5 aromatic rings. The summed E-state index contributed by atoms with van der Waals surface area (Å²) in [5.74, 6) is 5.43. The van der Waals surface area contributed by atoms with Crippen LogP contribution in [0, 0.1) is 18.8 Å². The zero-order valence-corrected chi connectivity index (χ0v) is 24.3. The SMILES string of the molecule is Cc1ccc2nc(N)c(C(=O)NC(C)c3cc4cccc(C#CCNC(=O)[C@H]5CCCO5)c4c(=O)n3-c3ccccc3)n2n1. The summed E-state index contributed by atoms with van der Waals surface area (Å²) in [6.07, 6.45) is 1.13. The molecule has 1 unspecified atom stereocenters. The molecule has 1 saturated heterocycles. The Balaban J connectivity index is 1.36. The number of hydrogen-bond acceptors (Lipinski definition) is 7. The van der Waals surface area contributed by atoms with E-state index < -0.39 is 18.1 Å². The number of ether oxygens (including phenoxy) is 1. The molecule has 2 amide bonds. The molecule has 0 saturated carbocycles. The highest BCUT2D eigenvalue weighted by Gasteiger charge is 2.24. The van der Waals surface area contributed by atoms with E-state index in [1.54, 1.807) is 29.7 Å². The zero-order chi connectivity index (χ0) is 30.8. The van der Waals surface area contributed by atoms with Crippen LogP contribution in [0.4, 0.5) is 5.82 Å². The van der Waals surface area contributed by atoms with E-state index in [2.05, 4.69) is 32.6 Å². The molecule has 2 atom stereocenters. The van der Waals surface area contributed by atoms with Crippen molar-refractivity contribution in [1.29, 1.82) is 0 Å². The molecule has 1 aliphatic rings. The number of rotatable bonds is 6.